The number of aromatic carboxylic acids is 1. The summed E-state index contributed by atoms with van der Waals surface area (Å²) in [5.74, 6) is -1.67. The van der Waals surface area contributed by atoms with Crippen molar-refractivity contribution >= 4 is 48.6 Å². The third-order valence-electron chi connectivity index (χ3n) is 7.27. The van der Waals surface area contributed by atoms with Gasteiger partial charge in [0.25, 0.3) is 0 Å². The summed E-state index contributed by atoms with van der Waals surface area (Å²) in [5.41, 5.74) is 3.09. The molecule has 3 heterocycles. The third kappa shape index (κ3) is 6.13. The second kappa shape index (κ2) is 12.5. The Morgan fingerprint density at radius 1 is 1.02 bits per heavy atom. The van der Waals surface area contributed by atoms with Crippen molar-refractivity contribution in [1.82, 2.24) is 24.8 Å². The maximum absolute atomic E-state index is 13.8. The average molecular weight is 609 g/mol. The second-order valence-electron chi connectivity index (χ2n) is 10.1. The minimum absolute atomic E-state index is 0.0383. The topological polar surface area (TPSA) is 146 Å². The SMILES string of the molecule is CCCc1ccc(CNC(=O)[C@H]2CN(c3nc4c(C(=O)O)nncc4s3)CCN2S(=O)(=O)c2ccc(CC)cc2)cc1. The molecule has 1 amide bonds. The van der Waals surface area contributed by atoms with E-state index in [2.05, 4.69) is 27.4 Å². The molecule has 1 aliphatic rings. The van der Waals surface area contributed by atoms with Crippen LogP contribution in [0, 0.1) is 0 Å². The van der Waals surface area contributed by atoms with Gasteiger partial charge in [0.05, 0.1) is 15.8 Å². The van der Waals surface area contributed by atoms with Crippen molar-refractivity contribution in [3.05, 3.63) is 77.1 Å². The number of carboxylic acid groups (broad SMARTS) is 1. The summed E-state index contributed by atoms with van der Waals surface area (Å²) in [6, 6.07) is 13.7. The van der Waals surface area contributed by atoms with Gasteiger partial charge in [-0.05, 0) is 41.7 Å². The van der Waals surface area contributed by atoms with Crippen LogP contribution >= 0.6 is 11.3 Å². The Labute approximate surface area is 248 Å². The molecule has 1 saturated heterocycles. The van der Waals surface area contributed by atoms with Gasteiger partial charge in [-0.1, -0.05) is 68.0 Å². The van der Waals surface area contributed by atoms with Gasteiger partial charge in [-0.3, -0.25) is 4.79 Å². The van der Waals surface area contributed by atoms with Crippen molar-refractivity contribution in [2.75, 3.05) is 24.5 Å². The van der Waals surface area contributed by atoms with Crippen molar-refractivity contribution < 1.29 is 23.1 Å². The lowest BCUT2D eigenvalue weighted by Gasteiger charge is -2.39. The van der Waals surface area contributed by atoms with E-state index in [0.717, 1.165) is 30.4 Å². The van der Waals surface area contributed by atoms with E-state index < -0.39 is 27.9 Å². The van der Waals surface area contributed by atoms with Crippen molar-refractivity contribution in [3.8, 4) is 0 Å². The summed E-state index contributed by atoms with van der Waals surface area (Å²) in [6.45, 7) is 4.70. The zero-order chi connectivity index (χ0) is 29.9. The van der Waals surface area contributed by atoms with Gasteiger partial charge in [-0.15, -0.1) is 5.10 Å². The largest absolute Gasteiger partial charge is 0.476 e. The Morgan fingerprint density at radius 2 is 1.71 bits per heavy atom. The lowest BCUT2D eigenvalue weighted by molar-refractivity contribution is -0.125. The Balaban J connectivity index is 1.42. The van der Waals surface area contributed by atoms with Crippen LogP contribution in [0.2, 0.25) is 0 Å². The summed E-state index contributed by atoms with van der Waals surface area (Å²) in [5, 5.41) is 20.4. The number of hydrogen-bond donors (Lipinski definition) is 2. The van der Waals surface area contributed by atoms with E-state index in [4.69, 9.17) is 0 Å². The molecular formula is C29H32N6O5S2. The highest BCUT2D eigenvalue weighted by atomic mass is 32.2. The Bertz CT molecular complexity index is 1690. The van der Waals surface area contributed by atoms with Crippen LogP contribution in [0.15, 0.2) is 59.6 Å². The van der Waals surface area contributed by atoms with Crippen LogP contribution in [0.3, 0.4) is 0 Å². The van der Waals surface area contributed by atoms with Gasteiger partial charge in [0.15, 0.2) is 10.8 Å². The van der Waals surface area contributed by atoms with Crippen LogP contribution < -0.4 is 10.2 Å². The minimum atomic E-state index is -3.99. The van der Waals surface area contributed by atoms with Gasteiger partial charge < -0.3 is 15.3 Å². The lowest BCUT2D eigenvalue weighted by Crippen LogP contribution is -2.60. The first-order valence-corrected chi connectivity index (χ1v) is 16.0. The van der Waals surface area contributed by atoms with Gasteiger partial charge in [0.1, 0.15) is 11.6 Å². The molecule has 0 radical (unpaired) electrons. The first-order valence-electron chi connectivity index (χ1n) is 13.8. The summed E-state index contributed by atoms with van der Waals surface area (Å²) < 4.78 is 29.4. The fourth-order valence-corrected chi connectivity index (χ4v) is 7.47. The van der Waals surface area contributed by atoms with Gasteiger partial charge in [0.2, 0.25) is 15.9 Å². The molecule has 0 spiro atoms. The maximum atomic E-state index is 13.8. The number of carbonyl (C=O) groups is 2. The smallest absolute Gasteiger partial charge is 0.358 e. The van der Waals surface area contributed by atoms with Crippen molar-refractivity contribution in [2.45, 2.75) is 50.6 Å². The molecule has 4 aromatic rings. The van der Waals surface area contributed by atoms with Gasteiger partial charge >= 0.3 is 5.97 Å². The number of benzene rings is 2. The monoisotopic (exact) mass is 608 g/mol. The number of piperazine rings is 1. The highest BCUT2D eigenvalue weighted by Gasteiger charge is 2.41. The number of anilines is 1. The number of sulfonamides is 1. The molecule has 2 aromatic carbocycles. The molecule has 1 fully saturated rings. The number of carboxylic acids is 1. The van der Waals surface area contributed by atoms with Crippen LogP contribution in [0.4, 0.5) is 5.13 Å². The number of hydrogen-bond acceptors (Lipinski definition) is 9. The summed E-state index contributed by atoms with van der Waals surface area (Å²) >= 11 is 1.22. The number of carbonyl (C=O) groups excluding carboxylic acids is 1. The van der Waals surface area contributed by atoms with E-state index in [-0.39, 0.29) is 42.3 Å². The molecule has 2 N–H and O–H groups in total. The predicted molar refractivity (Wildman–Crippen MR) is 160 cm³/mol. The molecule has 1 atom stereocenters. The highest BCUT2D eigenvalue weighted by molar-refractivity contribution is 7.89. The van der Waals surface area contributed by atoms with Crippen molar-refractivity contribution in [1.29, 1.82) is 0 Å². The van der Waals surface area contributed by atoms with E-state index in [1.54, 1.807) is 24.3 Å². The maximum Gasteiger partial charge on any atom is 0.358 e. The number of aryl methyl sites for hydroxylation is 2. The standard InChI is InChI=1S/C29H32N6O5S2/c1-3-5-20-6-8-21(9-7-20)16-30-27(36)23-18-34(29-32-25-24(41-29)17-31-33-26(25)28(37)38)14-15-35(23)42(39,40)22-12-10-19(4-2)11-13-22/h6-13,17,23H,3-5,14-16,18H2,1-2H3,(H,30,36)(H,37,38)/t23-/m1/s1. The van der Waals surface area contributed by atoms with Crippen molar-refractivity contribution in [2.24, 2.45) is 0 Å². The minimum Gasteiger partial charge on any atom is -0.476 e. The zero-order valence-electron chi connectivity index (χ0n) is 23.4. The number of thiazole rings is 1. The molecule has 2 aromatic heterocycles. The molecule has 220 valence electrons. The quantitative estimate of drug-likeness (QED) is 0.276. The molecule has 13 heteroatoms. The van der Waals surface area contributed by atoms with E-state index in [1.165, 1.54) is 27.4 Å². The van der Waals surface area contributed by atoms with E-state index in [1.807, 2.05) is 36.1 Å². The number of rotatable bonds is 10. The number of aromatic nitrogens is 3. The fraction of sp³-hybridized carbons (Fsp3) is 0.345. The molecule has 0 unspecified atom stereocenters. The Kier molecular flexibility index (Phi) is 8.80. The Hall–Kier alpha value is -3.94. The second-order valence-corrected chi connectivity index (χ2v) is 13.0. The normalized spacial score (nSPS) is 16.0. The predicted octanol–water partition coefficient (Wildman–Crippen LogP) is 3.50. The van der Waals surface area contributed by atoms with Crippen LogP contribution in [-0.4, -0.2) is 70.6 Å². The van der Waals surface area contributed by atoms with Crippen LogP contribution in [0.1, 0.15) is 47.4 Å². The molecule has 0 aliphatic carbocycles. The molecule has 11 nitrogen and oxygen atoms in total. The molecule has 42 heavy (non-hydrogen) atoms. The van der Waals surface area contributed by atoms with Crippen molar-refractivity contribution in [3.63, 3.8) is 0 Å². The molecular weight excluding hydrogens is 576 g/mol. The number of nitrogens with one attached hydrogen (secondary N) is 1. The third-order valence-corrected chi connectivity index (χ3v) is 10.2. The first-order chi connectivity index (χ1) is 20.2. The van der Waals surface area contributed by atoms with Crippen LogP contribution in [-0.2, 0) is 34.2 Å². The number of fused-ring (bicyclic) bond motifs is 1. The summed E-state index contributed by atoms with van der Waals surface area (Å²) in [7, 11) is -3.99. The highest BCUT2D eigenvalue weighted by Crippen LogP contribution is 2.32. The molecule has 1 aliphatic heterocycles. The number of amides is 1. The fourth-order valence-electron chi connectivity index (χ4n) is 4.94. The Morgan fingerprint density at radius 3 is 2.38 bits per heavy atom. The summed E-state index contributed by atoms with van der Waals surface area (Å²) in [4.78, 5) is 31.7. The molecule has 5 rings (SSSR count). The van der Waals surface area contributed by atoms with Gasteiger partial charge in [-0.25, -0.2) is 18.2 Å². The molecule has 0 bridgehead atoms. The van der Waals surface area contributed by atoms with Gasteiger partial charge in [-0.2, -0.15) is 9.40 Å². The van der Waals surface area contributed by atoms with E-state index in [9.17, 15) is 23.1 Å². The van der Waals surface area contributed by atoms with Crippen LogP contribution in [0.5, 0.6) is 0 Å². The average Bonchev–Trinajstić information content (AvgIpc) is 3.45. The van der Waals surface area contributed by atoms with Crippen LogP contribution in [0.25, 0.3) is 10.2 Å². The number of nitrogens with zero attached hydrogens (tertiary/aromatic N) is 5. The lowest BCUT2D eigenvalue weighted by atomic mass is 10.1. The first kappa shape index (κ1) is 29.5. The zero-order valence-corrected chi connectivity index (χ0v) is 25.0. The summed E-state index contributed by atoms with van der Waals surface area (Å²) in [6.07, 6.45) is 4.24. The van der Waals surface area contributed by atoms with Gasteiger partial charge in [0, 0.05) is 26.2 Å². The van der Waals surface area contributed by atoms with E-state index >= 15 is 0 Å². The van der Waals surface area contributed by atoms with E-state index in [0.29, 0.717) is 9.83 Å². The molecule has 0 saturated carbocycles.